The van der Waals surface area contributed by atoms with Crippen molar-refractivity contribution in [2.75, 3.05) is 5.33 Å². The summed E-state index contributed by atoms with van der Waals surface area (Å²) in [7, 11) is 0. The van der Waals surface area contributed by atoms with Crippen LogP contribution < -0.4 is 5.32 Å². The van der Waals surface area contributed by atoms with Crippen LogP contribution in [0.5, 0.6) is 0 Å². The minimum Gasteiger partial charge on any atom is -0.349 e. The molecule has 0 aliphatic heterocycles. The van der Waals surface area contributed by atoms with Crippen molar-refractivity contribution in [3.05, 3.63) is 35.9 Å². The van der Waals surface area contributed by atoms with E-state index in [1.54, 1.807) is 0 Å². The summed E-state index contributed by atoms with van der Waals surface area (Å²) in [6.45, 7) is 6.17. The van der Waals surface area contributed by atoms with Crippen molar-refractivity contribution in [1.82, 2.24) is 5.32 Å². The summed E-state index contributed by atoms with van der Waals surface area (Å²) in [4.78, 5) is 12.3. The molecule has 0 bridgehead atoms. The Labute approximate surface area is 118 Å². The second-order valence-electron chi connectivity index (χ2n) is 4.74. The third-order valence-electron chi connectivity index (χ3n) is 3.69. The Hall–Kier alpha value is -0.830. The van der Waals surface area contributed by atoms with Gasteiger partial charge in [0.15, 0.2) is 0 Å². The molecule has 1 rings (SSSR count). The number of rotatable bonds is 6. The van der Waals surface area contributed by atoms with Gasteiger partial charge in [0.2, 0.25) is 5.91 Å². The number of carbonyl (C=O) groups excluding carboxylic acids is 1. The first-order chi connectivity index (χ1) is 8.58. The van der Waals surface area contributed by atoms with Gasteiger partial charge >= 0.3 is 0 Å². The first-order valence-electron chi connectivity index (χ1n) is 6.51. The van der Waals surface area contributed by atoms with Crippen LogP contribution in [0.2, 0.25) is 0 Å². The highest BCUT2D eigenvalue weighted by atomic mass is 79.9. The van der Waals surface area contributed by atoms with Crippen LogP contribution in [0.25, 0.3) is 0 Å². The van der Waals surface area contributed by atoms with Crippen LogP contribution in [0.15, 0.2) is 30.3 Å². The Bertz CT molecular complexity index is 365. The Balaban J connectivity index is 2.76. The Morgan fingerprint density at radius 2 is 1.83 bits per heavy atom. The van der Waals surface area contributed by atoms with E-state index in [2.05, 4.69) is 35.1 Å². The molecule has 0 saturated heterocycles. The van der Waals surface area contributed by atoms with Gasteiger partial charge in [0.05, 0.1) is 5.92 Å². The predicted octanol–water partition coefficient (Wildman–Crippen LogP) is 3.86. The van der Waals surface area contributed by atoms with E-state index < -0.39 is 0 Å². The molecule has 0 aromatic heterocycles. The molecule has 0 fully saturated rings. The van der Waals surface area contributed by atoms with Gasteiger partial charge in [-0.25, -0.2) is 0 Å². The van der Waals surface area contributed by atoms with Gasteiger partial charge in [-0.2, -0.15) is 0 Å². The van der Waals surface area contributed by atoms with Crippen LogP contribution >= 0.6 is 15.9 Å². The van der Waals surface area contributed by atoms with Crippen LogP contribution in [-0.4, -0.2) is 16.8 Å². The minimum atomic E-state index is -0.125. The largest absolute Gasteiger partial charge is 0.349 e. The minimum absolute atomic E-state index is 0.101. The molecule has 18 heavy (non-hydrogen) atoms. The van der Waals surface area contributed by atoms with Crippen molar-refractivity contribution in [2.45, 2.75) is 45.1 Å². The van der Waals surface area contributed by atoms with Crippen molar-refractivity contribution in [1.29, 1.82) is 0 Å². The number of alkyl halides is 1. The van der Waals surface area contributed by atoms with E-state index >= 15 is 0 Å². The summed E-state index contributed by atoms with van der Waals surface area (Å²) in [5.41, 5.74) is 0.936. The number of carbonyl (C=O) groups is 1. The van der Waals surface area contributed by atoms with Gasteiger partial charge in [0, 0.05) is 10.9 Å². The van der Waals surface area contributed by atoms with Gasteiger partial charge in [-0.05, 0) is 25.3 Å². The highest BCUT2D eigenvalue weighted by molar-refractivity contribution is 9.09. The van der Waals surface area contributed by atoms with E-state index in [4.69, 9.17) is 0 Å². The molecular weight excluding hydrogens is 290 g/mol. The molecule has 0 heterocycles. The van der Waals surface area contributed by atoms with Crippen molar-refractivity contribution >= 4 is 21.8 Å². The number of amides is 1. The van der Waals surface area contributed by atoms with Gasteiger partial charge in [-0.15, -0.1) is 0 Å². The number of benzene rings is 1. The lowest BCUT2D eigenvalue weighted by atomic mass is 9.93. The first-order valence-corrected chi connectivity index (χ1v) is 7.63. The maximum Gasteiger partial charge on any atom is 0.227 e. The average molecular weight is 312 g/mol. The summed E-state index contributed by atoms with van der Waals surface area (Å²) in [6, 6.07) is 9.90. The highest BCUT2D eigenvalue weighted by Crippen LogP contribution is 2.21. The number of halogens is 1. The van der Waals surface area contributed by atoms with Crippen LogP contribution in [0, 0.1) is 0 Å². The molecule has 0 radical (unpaired) electrons. The van der Waals surface area contributed by atoms with E-state index in [-0.39, 0.29) is 17.4 Å². The van der Waals surface area contributed by atoms with E-state index in [1.165, 1.54) is 0 Å². The number of hydrogen-bond donors (Lipinski definition) is 1. The maximum absolute atomic E-state index is 12.3. The maximum atomic E-state index is 12.3. The molecule has 1 atom stereocenters. The van der Waals surface area contributed by atoms with Crippen molar-refractivity contribution < 1.29 is 4.79 Å². The van der Waals surface area contributed by atoms with Gasteiger partial charge < -0.3 is 5.32 Å². The summed E-state index contributed by atoms with van der Waals surface area (Å²) in [6.07, 6.45) is 1.87. The Kier molecular flexibility index (Phi) is 5.86. The Morgan fingerprint density at radius 1 is 1.28 bits per heavy atom. The SMILES string of the molecule is CCC(CC)(CBr)NC(=O)C(C)c1ccccc1. The lowest BCUT2D eigenvalue weighted by molar-refractivity contribution is -0.124. The van der Waals surface area contributed by atoms with Crippen LogP contribution in [0.1, 0.15) is 45.1 Å². The molecule has 0 spiro atoms. The first kappa shape index (κ1) is 15.2. The quantitative estimate of drug-likeness (QED) is 0.794. The van der Waals surface area contributed by atoms with Gasteiger partial charge in [0.1, 0.15) is 0 Å². The molecule has 0 aliphatic rings. The van der Waals surface area contributed by atoms with Gasteiger partial charge in [0.25, 0.3) is 0 Å². The van der Waals surface area contributed by atoms with E-state index in [0.717, 1.165) is 23.7 Å². The van der Waals surface area contributed by atoms with Crippen molar-refractivity contribution in [2.24, 2.45) is 0 Å². The third kappa shape index (κ3) is 3.58. The van der Waals surface area contributed by atoms with Gasteiger partial charge in [-0.3, -0.25) is 4.79 Å². The molecule has 100 valence electrons. The molecule has 1 unspecified atom stereocenters. The van der Waals surface area contributed by atoms with Crippen LogP contribution in [-0.2, 0) is 4.79 Å². The molecule has 3 heteroatoms. The molecule has 0 saturated carbocycles. The Morgan fingerprint density at radius 3 is 2.28 bits per heavy atom. The van der Waals surface area contributed by atoms with E-state index in [9.17, 15) is 4.79 Å². The summed E-state index contributed by atoms with van der Waals surface area (Å²) in [5, 5.41) is 3.98. The zero-order valence-electron chi connectivity index (χ0n) is 11.4. The molecule has 1 aromatic rings. The molecular formula is C15H22BrNO. The van der Waals surface area contributed by atoms with Gasteiger partial charge in [-0.1, -0.05) is 60.1 Å². The van der Waals surface area contributed by atoms with Crippen molar-refractivity contribution in [3.63, 3.8) is 0 Å². The van der Waals surface area contributed by atoms with E-state index in [0.29, 0.717) is 0 Å². The molecule has 1 amide bonds. The lowest BCUT2D eigenvalue weighted by Crippen LogP contribution is -2.50. The standard InChI is InChI=1S/C15H22BrNO/c1-4-15(5-2,11-16)17-14(18)12(3)13-9-7-6-8-10-13/h6-10,12H,4-5,11H2,1-3H3,(H,17,18). The zero-order valence-corrected chi connectivity index (χ0v) is 13.0. The molecule has 1 aromatic carbocycles. The van der Waals surface area contributed by atoms with E-state index in [1.807, 2.05) is 37.3 Å². The molecule has 2 nitrogen and oxygen atoms in total. The second-order valence-corrected chi connectivity index (χ2v) is 5.30. The lowest BCUT2D eigenvalue weighted by Gasteiger charge is -2.32. The molecule has 0 aliphatic carbocycles. The number of nitrogens with one attached hydrogen (secondary N) is 1. The second kappa shape index (κ2) is 6.93. The fourth-order valence-corrected chi connectivity index (χ4v) is 2.85. The fourth-order valence-electron chi connectivity index (χ4n) is 1.91. The van der Waals surface area contributed by atoms with Crippen molar-refractivity contribution in [3.8, 4) is 0 Å². The fraction of sp³-hybridized carbons (Fsp3) is 0.533. The number of hydrogen-bond acceptors (Lipinski definition) is 1. The average Bonchev–Trinajstić information content (AvgIpc) is 2.45. The predicted molar refractivity (Wildman–Crippen MR) is 80.1 cm³/mol. The molecule has 1 N–H and O–H groups in total. The zero-order chi connectivity index (χ0) is 13.6. The van der Waals surface area contributed by atoms with Crippen LogP contribution in [0.4, 0.5) is 0 Å². The normalized spacial score (nSPS) is 13.1. The monoisotopic (exact) mass is 311 g/mol. The van der Waals surface area contributed by atoms with Crippen LogP contribution in [0.3, 0.4) is 0 Å². The third-order valence-corrected chi connectivity index (χ3v) is 4.76. The summed E-state index contributed by atoms with van der Waals surface area (Å²) >= 11 is 3.51. The summed E-state index contributed by atoms with van der Waals surface area (Å²) in [5.74, 6) is -0.00734. The summed E-state index contributed by atoms with van der Waals surface area (Å²) < 4.78 is 0. The smallest absolute Gasteiger partial charge is 0.227 e. The topological polar surface area (TPSA) is 29.1 Å². The highest BCUT2D eigenvalue weighted by Gasteiger charge is 2.28.